The molecule has 0 aliphatic heterocycles. The molecule has 5 nitrogen and oxygen atoms in total. The van der Waals surface area contributed by atoms with Crippen LogP contribution in [0.1, 0.15) is 0 Å². The van der Waals surface area contributed by atoms with Crippen LogP contribution in [-0.2, 0) is 31.8 Å². The number of carbonyl (C=O) groups excluding carboxylic acids is 1. The molecule has 0 radical (unpaired) electrons. The van der Waals surface area contributed by atoms with Gasteiger partial charge in [0.15, 0.2) is 0 Å². The van der Waals surface area contributed by atoms with E-state index >= 15 is 0 Å². The summed E-state index contributed by atoms with van der Waals surface area (Å²) in [5.41, 5.74) is 2.98. The molecule has 0 saturated heterocycles. The Morgan fingerprint density at radius 2 is 1.81 bits per heavy atom. The number of para-hydroxylation sites is 1. The largest absolute Gasteiger partial charge is 0.478 e. The molecule has 16 heavy (non-hydrogen) atoms. The van der Waals surface area contributed by atoms with E-state index in [4.69, 9.17) is 5.11 Å². The summed E-state index contributed by atoms with van der Waals surface area (Å²) in [7, 11) is 0. The van der Waals surface area contributed by atoms with Crippen molar-refractivity contribution in [1.29, 1.82) is 0 Å². The third-order valence-electron chi connectivity index (χ3n) is 1.41. The molecule has 0 aliphatic carbocycles. The number of benzene rings is 1. The van der Waals surface area contributed by atoms with Crippen molar-refractivity contribution in [3.8, 4) is 0 Å². The number of rotatable bonds is 4. The Kier molecular flexibility index (Phi) is 6.68. The monoisotopic (exact) mass is 259 g/mol. The Morgan fingerprint density at radius 1 is 1.19 bits per heavy atom. The fourth-order valence-electron chi connectivity index (χ4n) is 0.789. The maximum absolute atomic E-state index is 10.9. The maximum atomic E-state index is 10.9. The Morgan fingerprint density at radius 3 is 2.38 bits per heavy atom. The van der Waals surface area contributed by atoms with Crippen molar-refractivity contribution >= 4 is 17.6 Å². The van der Waals surface area contributed by atoms with Gasteiger partial charge in [-0.25, -0.2) is 15.1 Å². The van der Waals surface area contributed by atoms with Crippen LogP contribution in [0.15, 0.2) is 42.5 Å². The molecule has 6 heteroatoms. The fourth-order valence-corrected chi connectivity index (χ4v) is 0.789. The van der Waals surface area contributed by atoms with Crippen molar-refractivity contribution in [2.75, 3.05) is 5.48 Å². The summed E-state index contributed by atoms with van der Waals surface area (Å²) in [5.74, 6) is -1.98. The molecule has 0 aromatic heterocycles. The van der Waals surface area contributed by atoms with E-state index in [1.54, 1.807) is 24.3 Å². The van der Waals surface area contributed by atoms with Crippen LogP contribution >= 0.6 is 0 Å². The number of nitrogens with one attached hydrogen (secondary N) is 1. The van der Waals surface area contributed by atoms with Gasteiger partial charge in [0.2, 0.25) is 0 Å². The van der Waals surface area contributed by atoms with E-state index in [0.29, 0.717) is 11.8 Å². The molecule has 0 spiro atoms. The first-order chi connectivity index (χ1) is 7.18. The van der Waals surface area contributed by atoms with Gasteiger partial charge in [0, 0.05) is 29.5 Å². The first-order valence-electron chi connectivity index (χ1n) is 4.11. The second-order valence-electron chi connectivity index (χ2n) is 2.56. The van der Waals surface area contributed by atoms with Gasteiger partial charge in [-0.05, 0) is 12.1 Å². The Labute approximate surface area is 103 Å². The molecule has 0 atom stereocenters. The van der Waals surface area contributed by atoms with Crippen LogP contribution in [0.2, 0.25) is 0 Å². The normalized spacial score (nSPS) is 9.25. The summed E-state index contributed by atoms with van der Waals surface area (Å²) in [6, 6.07) is 8.76. The van der Waals surface area contributed by atoms with Crippen molar-refractivity contribution < 1.29 is 36.9 Å². The smallest absolute Gasteiger partial charge is 0.355 e. The number of carboxylic acids is 1. The zero-order chi connectivity index (χ0) is 11.1. The van der Waals surface area contributed by atoms with Crippen LogP contribution < -0.4 is 5.48 Å². The maximum Gasteiger partial charge on any atom is 0.355 e. The number of carboxylic acid groups (broad SMARTS) is 1. The quantitative estimate of drug-likeness (QED) is 0.627. The molecular weight excluding hydrogens is 250 g/mol. The van der Waals surface area contributed by atoms with Gasteiger partial charge in [0.1, 0.15) is 0 Å². The van der Waals surface area contributed by atoms with E-state index in [0.717, 1.165) is 6.08 Å². The van der Waals surface area contributed by atoms with Crippen LogP contribution in [-0.4, -0.2) is 17.0 Å². The van der Waals surface area contributed by atoms with Crippen molar-refractivity contribution in [3.63, 3.8) is 0 Å². The Hall–Kier alpha value is -1.77. The van der Waals surface area contributed by atoms with Crippen molar-refractivity contribution in [1.82, 2.24) is 0 Å². The first-order valence-corrected chi connectivity index (χ1v) is 4.11. The molecule has 0 aliphatic rings. The molecule has 0 unspecified atom stereocenters. The predicted octanol–water partition coefficient (Wildman–Crippen LogP) is 1.19. The van der Waals surface area contributed by atoms with Crippen molar-refractivity contribution in [2.45, 2.75) is 0 Å². The van der Waals surface area contributed by atoms with Gasteiger partial charge in [-0.3, -0.25) is 0 Å². The van der Waals surface area contributed by atoms with Gasteiger partial charge in [0.25, 0.3) is 0 Å². The number of hydrogen-bond acceptors (Lipinski definition) is 4. The molecule has 1 aromatic rings. The molecular formula is C10H9CrNO4. The standard InChI is InChI=1S/C10H9NO4.Cr/c12-9(13)6-7-10(14)15-11-8-4-2-1-3-5-8;/h1-7,11H,(H,12,13);/b7-6-;. The number of aliphatic carboxylic acids is 1. The molecule has 1 rings (SSSR count). The molecule has 84 valence electrons. The first kappa shape index (κ1) is 14.2. The van der Waals surface area contributed by atoms with Gasteiger partial charge in [-0.15, -0.1) is 0 Å². The third-order valence-corrected chi connectivity index (χ3v) is 1.41. The minimum atomic E-state index is -1.20. The van der Waals surface area contributed by atoms with E-state index in [9.17, 15) is 9.59 Å². The Bertz CT molecular complexity index is 378. The van der Waals surface area contributed by atoms with Crippen LogP contribution in [0, 0.1) is 0 Å². The summed E-state index contributed by atoms with van der Waals surface area (Å²) >= 11 is 0. The number of carbonyl (C=O) groups is 2. The second kappa shape index (κ2) is 7.51. The third kappa shape index (κ3) is 5.86. The van der Waals surface area contributed by atoms with Gasteiger partial charge in [0.05, 0.1) is 5.69 Å². The van der Waals surface area contributed by atoms with E-state index in [1.807, 2.05) is 6.07 Å². The SMILES string of the molecule is O=C(O)/C=C\C(=O)ONc1ccccc1.[Cr]. The summed E-state index contributed by atoms with van der Waals surface area (Å²) in [5, 5.41) is 8.23. The molecule has 1 aromatic carbocycles. The van der Waals surface area contributed by atoms with Crippen LogP contribution in [0.4, 0.5) is 5.69 Å². The Balaban J connectivity index is 0.00000225. The summed E-state index contributed by atoms with van der Waals surface area (Å²) in [6.45, 7) is 0. The number of anilines is 1. The topological polar surface area (TPSA) is 75.6 Å². The summed E-state index contributed by atoms with van der Waals surface area (Å²) in [4.78, 5) is 25.5. The van der Waals surface area contributed by atoms with E-state index < -0.39 is 11.9 Å². The average Bonchev–Trinajstić information content (AvgIpc) is 2.25. The zero-order valence-corrected chi connectivity index (χ0v) is 9.40. The minimum Gasteiger partial charge on any atom is -0.478 e. The van der Waals surface area contributed by atoms with E-state index in [-0.39, 0.29) is 17.4 Å². The summed E-state index contributed by atoms with van der Waals surface area (Å²) in [6.07, 6.45) is 1.52. The molecule has 0 heterocycles. The fraction of sp³-hybridized carbons (Fsp3) is 0. The molecule has 0 saturated carbocycles. The van der Waals surface area contributed by atoms with Gasteiger partial charge in [-0.2, -0.15) is 0 Å². The van der Waals surface area contributed by atoms with Gasteiger partial charge >= 0.3 is 11.9 Å². The minimum absolute atomic E-state index is 0. The van der Waals surface area contributed by atoms with E-state index in [1.165, 1.54) is 0 Å². The molecule has 0 fully saturated rings. The van der Waals surface area contributed by atoms with Crippen LogP contribution in [0.3, 0.4) is 0 Å². The number of hydrogen-bond donors (Lipinski definition) is 2. The van der Waals surface area contributed by atoms with Gasteiger partial charge in [-0.1, -0.05) is 18.2 Å². The van der Waals surface area contributed by atoms with E-state index in [2.05, 4.69) is 10.3 Å². The average molecular weight is 259 g/mol. The molecule has 2 N–H and O–H groups in total. The van der Waals surface area contributed by atoms with Gasteiger partial charge < -0.3 is 9.94 Å². The zero-order valence-electron chi connectivity index (χ0n) is 8.12. The van der Waals surface area contributed by atoms with Crippen LogP contribution in [0.5, 0.6) is 0 Å². The van der Waals surface area contributed by atoms with Crippen molar-refractivity contribution in [2.24, 2.45) is 0 Å². The molecule has 0 amide bonds. The summed E-state index contributed by atoms with van der Waals surface area (Å²) < 4.78 is 0. The molecule has 0 bridgehead atoms. The second-order valence-corrected chi connectivity index (χ2v) is 2.56. The predicted molar refractivity (Wildman–Crippen MR) is 52.9 cm³/mol. The van der Waals surface area contributed by atoms with Crippen molar-refractivity contribution in [3.05, 3.63) is 42.5 Å². The van der Waals surface area contributed by atoms with Crippen LogP contribution in [0.25, 0.3) is 0 Å².